The molecule has 0 nitrogen and oxygen atoms in total. The molecule has 2 atom stereocenters. The molecule has 0 spiro atoms. The summed E-state index contributed by atoms with van der Waals surface area (Å²) in [6.45, 7) is 0. The van der Waals surface area contributed by atoms with Crippen molar-refractivity contribution in [2.75, 3.05) is 5.75 Å². The van der Waals surface area contributed by atoms with Crippen LogP contribution in [-0.4, -0.2) is 10.5 Å². The van der Waals surface area contributed by atoms with E-state index >= 15 is 0 Å². The van der Waals surface area contributed by atoms with Crippen LogP contribution in [0.2, 0.25) is 0 Å². The zero-order valence-corrected chi connectivity index (χ0v) is 9.95. The lowest BCUT2D eigenvalue weighted by molar-refractivity contribution is 0.241. The van der Waals surface area contributed by atoms with Gasteiger partial charge in [-0.2, -0.15) is 11.8 Å². The molecule has 1 aliphatic heterocycles. The van der Waals surface area contributed by atoms with Crippen LogP contribution in [0.5, 0.6) is 0 Å². The van der Waals surface area contributed by atoms with Gasteiger partial charge in [0.1, 0.15) is 0 Å². The summed E-state index contributed by atoms with van der Waals surface area (Å²) in [5.41, 5.74) is 0. The van der Waals surface area contributed by atoms with Gasteiger partial charge in [0, 0.05) is 4.75 Å². The van der Waals surface area contributed by atoms with Gasteiger partial charge in [-0.25, -0.2) is 0 Å². The van der Waals surface area contributed by atoms with Crippen molar-refractivity contribution in [1.82, 2.24) is 0 Å². The van der Waals surface area contributed by atoms with Crippen molar-refractivity contribution in [3.63, 3.8) is 0 Å². The molecule has 80 valence electrons. The van der Waals surface area contributed by atoms with E-state index in [1.165, 1.54) is 31.4 Å². The highest BCUT2D eigenvalue weighted by Gasteiger charge is 2.51. The van der Waals surface area contributed by atoms with Crippen LogP contribution < -0.4 is 0 Å². The zero-order chi connectivity index (χ0) is 9.43. The number of hydrogen-bond donors (Lipinski definition) is 0. The number of fused-ring (bicyclic) bond motifs is 1. The summed E-state index contributed by atoms with van der Waals surface area (Å²) in [4.78, 5) is 0. The zero-order valence-electron chi connectivity index (χ0n) is 9.13. The highest BCUT2D eigenvalue weighted by atomic mass is 32.2. The summed E-state index contributed by atoms with van der Waals surface area (Å²) in [6.07, 6.45) is 13.9. The quantitative estimate of drug-likeness (QED) is 0.623. The Morgan fingerprint density at radius 3 is 2.36 bits per heavy atom. The minimum Gasteiger partial charge on any atom is -0.155 e. The Balaban J connectivity index is 1.79. The van der Waals surface area contributed by atoms with E-state index in [0.717, 1.165) is 16.6 Å². The maximum atomic E-state index is 2.37. The van der Waals surface area contributed by atoms with E-state index in [0.29, 0.717) is 0 Å². The fraction of sp³-hybridized carbons (Fsp3) is 1.00. The summed E-state index contributed by atoms with van der Waals surface area (Å²) >= 11 is 2.37. The maximum absolute atomic E-state index is 2.37. The van der Waals surface area contributed by atoms with Crippen LogP contribution in [0.15, 0.2) is 0 Å². The normalized spacial score (nSPS) is 44.1. The Kier molecular flexibility index (Phi) is 2.55. The van der Waals surface area contributed by atoms with Crippen LogP contribution in [0, 0.1) is 11.8 Å². The van der Waals surface area contributed by atoms with Crippen molar-refractivity contribution in [3.8, 4) is 0 Å². The molecule has 0 radical (unpaired) electrons. The second-order valence-electron chi connectivity index (χ2n) is 5.52. The van der Waals surface area contributed by atoms with Gasteiger partial charge in [0.25, 0.3) is 0 Å². The van der Waals surface area contributed by atoms with E-state index in [1.54, 1.807) is 32.1 Å². The monoisotopic (exact) mass is 210 g/mol. The first-order valence-electron chi connectivity index (χ1n) is 6.56. The predicted octanol–water partition coefficient (Wildman–Crippen LogP) is 4.24. The van der Waals surface area contributed by atoms with E-state index in [9.17, 15) is 0 Å². The average Bonchev–Trinajstić information content (AvgIpc) is 2.77. The Morgan fingerprint density at radius 2 is 1.50 bits per heavy atom. The molecule has 2 unspecified atom stereocenters. The van der Waals surface area contributed by atoms with E-state index in [4.69, 9.17) is 0 Å². The average molecular weight is 210 g/mol. The summed E-state index contributed by atoms with van der Waals surface area (Å²) in [7, 11) is 0. The molecule has 0 aromatic carbocycles. The third-order valence-corrected chi connectivity index (χ3v) is 6.79. The van der Waals surface area contributed by atoms with Crippen molar-refractivity contribution in [3.05, 3.63) is 0 Å². The first-order chi connectivity index (χ1) is 6.92. The topological polar surface area (TPSA) is 0 Å². The van der Waals surface area contributed by atoms with Gasteiger partial charge >= 0.3 is 0 Å². The van der Waals surface area contributed by atoms with E-state index in [-0.39, 0.29) is 0 Å². The van der Waals surface area contributed by atoms with Crippen molar-refractivity contribution in [2.45, 2.75) is 62.5 Å². The molecule has 0 N–H and O–H groups in total. The fourth-order valence-electron chi connectivity index (χ4n) is 4.29. The standard InChI is InChI=1S/C13H22S/c1-2-5-11(6-3-1)13-9-4-7-12(13)8-10-14-13/h11-12H,1-10H2. The van der Waals surface area contributed by atoms with Gasteiger partial charge in [0.2, 0.25) is 0 Å². The maximum Gasteiger partial charge on any atom is 0.0216 e. The third-order valence-electron chi connectivity index (χ3n) is 4.94. The lowest BCUT2D eigenvalue weighted by atomic mass is 9.74. The van der Waals surface area contributed by atoms with Gasteiger partial charge in [-0.3, -0.25) is 0 Å². The highest BCUT2D eigenvalue weighted by molar-refractivity contribution is 8.00. The van der Waals surface area contributed by atoms with Gasteiger partial charge in [-0.1, -0.05) is 25.7 Å². The van der Waals surface area contributed by atoms with Crippen LogP contribution in [0.25, 0.3) is 0 Å². The minimum absolute atomic E-state index is 0.792. The first kappa shape index (κ1) is 9.57. The van der Waals surface area contributed by atoms with Crippen molar-refractivity contribution in [1.29, 1.82) is 0 Å². The second kappa shape index (κ2) is 3.73. The molecule has 0 aromatic rings. The Morgan fingerprint density at radius 1 is 0.786 bits per heavy atom. The molecular weight excluding hydrogens is 188 g/mol. The molecule has 0 bridgehead atoms. The van der Waals surface area contributed by atoms with E-state index in [1.807, 2.05) is 0 Å². The molecule has 3 aliphatic rings. The molecule has 2 saturated carbocycles. The van der Waals surface area contributed by atoms with Gasteiger partial charge in [0.05, 0.1) is 0 Å². The van der Waals surface area contributed by atoms with Crippen LogP contribution >= 0.6 is 11.8 Å². The van der Waals surface area contributed by atoms with Crippen molar-refractivity contribution >= 4 is 11.8 Å². The van der Waals surface area contributed by atoms with Gasteiger partial charge in [-0.15, -0.1) is 0 Å². The van der Waals surface area contributed by atoms with Crippen LogP contribution in [0.3, 0.4) is 0 Å². The molecule has 14 heavy (non-hydrogen) atoms. The molecule has 3 fully saturated rings. The van der Waals surface area contributed by atoms with E-state index in [2.05, 4.69) is 11.8 Å². The summed E-state index contributed by atoms with van der Waals surface area (Å²) in [5.74, 6) is 3.70. The van der Waals surface area contributed by atoms with Gasteiger partial charge in [0.15, 0.2) is 0 Å². The molecule has 1 saturated heterocycles. The third kappa shape index (κ3) is 1.35. The number of rotatable bonds is 1. The molecular formula is C13H22S. The Hall–Kier alpha value is 0.350. The van der Waals surface area contributed by atoms with Crippen LogP contribution in [0.1, 0.15) is 57.8 Å². The Labute approximate surface area is 92.2 Å². The largest absolute Gasteiger partial charge is 0.155 e. The van der Waals surface area contributed by atoms with Gasteiger partial charge < -0.3 is 0 Å². The molecule has 3 rings (SSSR count). The number of thioether (sulfide) groups is 1. The molecule has 2 aliphatic carbocycles. The summed E-state index contributed by atoms with van der Waals surface area (Å²) < 4.78 is 0.792. The van der Waals surface area contributed by atoms with E-state index < -0.39 is 0 Å². The molecule has 0 aromatic heterocycles. The smallest absolute Gasteiger partial charge is 0.0216 e. The fourth-order valence-corrected chi connectivity index (χ4v) is 6.30. The van der Waals surface area contributed by atoms with Crippen molar-refractivity contribution < 1.29 is 0 Å². The van der Waals surface area contributed by atoms with Crippen LogP contribution in [-0.2, 0) is 0 Å². The lowest BCUT2D eigenvalue weighted by Gasteiger charge is -2.39. The lowest BCUT2D eigenvalue weighted by Crippen LogP contribution is -2.36. The predicted molar refractivity (Wildman–Crippen MR) is 63.7 cm³/mol. The van der Waals surface area contributed by atoms with Crippen molar-refractivity contribution in [2.24, 2.45) is 11.8 Å². The Bertz CT molecular complexity index is 195. The molecule has 1 heterocycles. The van der Waals surface area contributed by atoms with Crippen LogP contribution in [0.4, 0.5) is 0 Å². The second-order valence-corrected chi connectivity index (χ2v) is 6.97. The summed E-state index contributed by atoms with van der Waals surface area (Å²) in [5, 5.41) is 0. The first-order valence-corrected chi connectivity index (χ1v) is 7.54. The number of hydrogen-bond acceptors (Lipinski definition) is 1. The highest BCUT2D eigenvalue weighted by Crippen LogP contribution is 2.59. The SMILES string of the molecule is C1CCC(C23CCCC2CCS3)CC1. The summed E-state index contributed by atoms with van der Waals surface area (Å²) in [6, 6.07) is 0. The minimum atomic E-state index is 0.792. The molecule has 1 heteroatoms. The molecule has 0 amide bonds. The van der Waals surface area contributed by atoms with Gasteiger partial charge in [-0.05, 0) is 49.7 Å².